The van der Waals surface area contributed by atoms with Crippen molar-refractivity contribution >= 4 is 33.8 Å². The zero-order valence-corrected chi connectivity index (χ0v) is 19.3. The van der Waals surface area contributed by atoms with Crippen LogP contribution in [-0.2, 0) is 17.6 Å². The van der Waals surface area contributed by atoms with Crippen molar-refractivity contribution in [2.75, 3.05) is 17.2 Å². The molecular formula is C22H21F7N2O3S. The Labute approximate surface area is 199 Å². The Morgan fingerprint density at radius 1 is 1.09 bits per heavy atom. The van der Waals surface area contributed by atoms with Gasteiger partial charge in [0, 0.05) is 4.88 Å². The van der Waals surface area contributed by atoms with Crippen LogP contribution >= 0.6 is 11.3 Å². The molecule has 1 aromatic heterocycles. The van der Waals surface area contributed by atoms with E-state index < -0.39 is 34.8 Å². The summed E-state index contributed by atoms with van der Waals surface area (Å²) in [4.78, 5) is 25.7. The molecule has 1 aliphatic carbocycles. The van der Waals surface area contributed by atoms with E-state index in [2.05, 4.69) is 5.32 Å². The first kappa shape index (κ1) is 26.8. The smallest absolute Gasteiger partial charge is 0.460 e. The first-order valence-corrected chi connectivity index (χ1v) is 11.3. The molecule has 1 unspecified atom stereocenters. The van der Waals surface area contributed by atoms with Gasteiger partial charge in [-0.25, -0.2) is 0 Å². The molecule has 0 radical (unpaired) electrons. The van der Waals surface area contributed by atoms with Crippen molar-refractivity contribution in [2.24, 2.45) is 5.92 Å². The van der Waals surface area contributed by atoms with E-state index in [0.29, 0.717) is 46.8 Å². The third-order valence-corrected chi connectivity index (χ3v) is 6.61. The number of benzene rings is 1. The largest absolute Gasteiger partial charge is 0.492 e. The maximum Gasteiger partial charge on any atom is 0.460 e. The summed E-state index contributed by atoms with van der Waals surface area (Å²) in [6, 6.07) is 6.29. The molecule has 1 atom stereocenters. The summed E-state index contributed by atoms with van der Waals surface area (Å²) in [6.45, 7) is 3.87. The third kappa shape index (κ3) is 5.09. The average molecular weight is 526 g/mol. The van der Waals surface area contributed by atoms with Crippen LogP contribution in [0.5, 0.6) is 5.75 Å². The molecule has 3 rings (SSSR count). The van der Waals surface area contributed by atoms with Gasteiger partial charge in [-0.3, -0.25) is 9.59 Å². The van der Waals surface area contributed by atoms with Crippen LogP contribution in [0.3, 0.4) is 0 Å². The number of anilines is 2. The number of carbonyl (C=O) groups excluding carboxylic acids is 2. The fourth-order valence-electron chi connectivity index (χ4n) is 3.62. The fraction of sp³-hybridized carbons (Fsp3) is 0.455. The highest BCUT2D eigenvalue weighted by atomic mass is 32.1. The molecule has 13 heteroatoms. The van der Waals surface area contributed by atoms with Crippen LogP contribution in [0.2, 0.25) is 0 Å². The van der Waals surface area contributed by atoms with Gasteiger partial charge in [0.25, 0.3) is 5.91 Å². The predicted octanol–water partition coefficient (Wildman–Crippen LogP) is 6.30. The van der Waals surface area contributed by atoms with Gasteiger partial charge in [0.15, 0.2) is 0 Å². The lowest BCUT2D eigenvalue weighted by Gasteiger charge is -2.27. The summed E-state index contributed by atoms with van der Waals surface area (Å²) in [7, 11) is 0. The van der Waals surface area contributed by atoms with Crippen molar-refractivity contribution in [1.29, 1.82) is 0 Å². The van der Waals surface area contributed by atoms with Gasteiger partial charge in [0.1, 0.15) is 10.8 Å². The van der Waals surface area contributed by atoms with E-state index in [1.54, 1.807) is 25.1 Å². The molecule has 1 aliphatic rings. The Bertz CT molecular complexity index is 1110. The van der Waals surface area contributed by atoms with E-state index in [4.69, 9.17) is 4.74 Å². The van der Waals surface area contributed by atoms with Crippen molar-refractivity contribution in [2.45, 2.75) is 51.1 Å². The molecule has 192 valence electrons. The summed E-state index contributed by atoms with van der Waals surface area (Å²) < 4.78 is 97.6. The Morgan fingerprint density at radius 2 is 1.74 bits per heavy atom. The summed E-state index contributed by atoms with van der Waals surface area (Å²) in [5.74, 6) is -16.0. The molecule has 0 saturated carbocycles. The minimum Gasteiger partial charge on any atom is -0.492 e. The molecule has 2 aromatic rings. The predicted molar refractivity (Wildman–Crippen MR) is 116 cm³/mol. The molecule has 0 bridgehead atoms. The Hall–Kier alpha value is -2.83. The van der Waals surface area contributed by atoms with Gasteiger partial charge in [0.05, 0.1) is 17.9 Å². The highest BCUT2D eigenvalue weighted by molar-refractivity contribution is 7.17. The van der Waals surface area contributed by atoms with Crippen LogP contribution in [0.1, 0.15) is 41.1 Å². The number of amides is 2. The summed E-state index contributed by atoms with van der Waals surface area (Å²) in [6.07, 6.45) is -5.30. The molecule has 1 heterocycles. The molecule has 0 spiro atoms. The van der Waals surface area contributed by atoms with Crippen LogP contribution in [0.4, 0.5) is 41.4 Å². The van der Waals surface area contributed by atoms with Crippen LogP contribution in [0.25, 0.3) is 0 Å². The molecule has 0 saturated heterocycles. The van der Waals surface area contributed by atoms with Crippen molar-refractivity contribution in [1.82, 2.24) is 0 Å². The third-order valence-electron chi connectivity index (χ3n) is 5.44. The monoisotopic (exact) mass is 526 g/mol. The second-order valence-corrected chi connectivity index (χ2v) is 9.15. The van der Waals surface area contributed by atoms with E-state index in [1.165, 1.54) is 11.4 Å². The van der Waals surface area contributed by atoms with E-state index in [9.17, 15) is 40.3 Å². The summed E-state index contributed by atoms with van der Waals surface area (Å²) in [5, 5.41) is 3.48. The van der Waals surface area contributed by atoms with Crippen LogP contribution < -0.4 is 15.4 Å². The van der Waals surface area contributed by atoms with Gasteiger partial charge in [-0.05, 0) is 49.8 Å². The quantitative estimate of drug-likeness (QED) is 0.417. The maximum absolute atomic E-state index is 13.9. The number of thiophene rings is 1. The lowest BCUT2D eigenvalue weighted by atomic mass is 9.88. The lowest BCUT2D eigenvalue weighted by Crippen LogP contribution is -2.57. The Balaban J connectivity index is 1.99. The van der Waals surface area contributed by atoms with Gasteiger partial charge in [-0.1, -0.05) is 19.1 Å². The van der Waals surface area contributed by atoms with Gasteiger partial charge < -0.3 is 15.4 Å². The molecule has 1 aromatic carbocycles. The molecule has 35 heavy (non-hydrogen) atoms. The number of halogens is 7. The number of ether oxygens (including phenoxy) is 1. The first-order valence-electron chi connectivity index (χ1n) is 10.5. The first-order chi connectivity index (χ1) is 16.2. The second kappa shape index (κ2) is 9.67. The Kier molecular flexibility index (Phi) is 7.39. The van der Waals surface area contributed by atoms with Gasteiger partial charge in [-0.15, -0.1) is 11.3 Å². The minimum atomic E-state index is -6.67. The van der Waals surface area contributed by atoms with Gasteiger partial charge in [-0.2, -0.15) is 30.7 Å². The maximum atomic E-state index is 13.9. The van der Waals surface area contributed by atoms with E-state index in [0.717, 1.165) is 0 Å². The number of hydrogen-bond donors (Lipinski definition) is 2. The van der Waals surface area contributed by atoms with Crippen molar-refractivity contribution in [3.05, 3.63) is 40.3 Å². The van der Waals surface area contributed by atoms with Gasteiger partial charge >= 0.3 is 23.9 Å². The molecular weight excluding hydrogens is 505 g/mol. The number of carbonyl (C=O) groups is 2. The van der Waals surface area contributed by atoms with Crippen LogP contribution in [0, 0.1) is 5.92 Å². The highest BCUT2D eigenvalue weighted by Crippen LogP contribution is 2.48. The summed E-state index contributed by atoms with van der Waals surface area (Å²) in [5.41, 5.74) is 0.373. The molecule has 5 nitrogen and oxygen atoms in total. The number of fused-ring (bicyclic) bond motifs is 1. The number of rotatable bonds is 7. The van der Waals surface area contributed by atoms with Crippen molar-refractivity contribution in [3.8, 4) is 5.75 Å². The second-order valence-electron chi connectivity index (χ2n) is 8.04. The fourth-order valence-corrected chi connectivity index (χ4v) is 5.02. The average Bonchev–Trinajstić information content (AvgIpc) is 3.11. The van der Waals surface area contributed by atoms with E-state index in [-0.39, 0.29) is 23.8 Å². The lowest BCUT2D eigenvalue weighted by molar-refractivity contribution is -0.343. The highest BCUT2D eigenvalue weighted by Gasteiger charge is 2.76. The summed E-state index contributed by atoms with van der Waals surface area (Å²) >= 11 is 0.698. The number of nitrogens with one attached hydrogen (secondary N) is 2. The molecule has 0 fully saturated rings. The van der Waals surface area contributed by atoms with E-state index >= 15 is 0 Å². The zero-order chi connectivity index (χ0) is 26.2. The number of hydrogen-bond acceptors (Lipinski definition) is 4. The topological polar surface area (TPSA) is 67.4 Å². The molecule has 0 aliphatic heterocycles. The molecule has 2 N–H and O–H groups in total. The standard InChI is InChI=1S/C22H21F7N2O3S/c1-3-34-14-7-5-4-6-13(14)30-17(32)16-12-9-8-11(2)10-15(12)35-18(16)31-19(33)20(23,24)21(25,26)22(27,28)29/h4-7,11H,3,8-10H2,1-2H3,(H,30,32)(H,31,33). The Morgan fingerprint density at radius 3 is 2.37 bits per heavy atom. The van der Waals surface area contributed by atoms with Crippen molar-refractivity contribution in [3.63, 3.8) is 0 Å². The normalized spacial score (nSPS) is 16.4. The van der Waals surface area contributed by atoms with Gasteiger partial charge in [0.2, 0.25) is 0 Å². The number of alkyl halides is 7. The van der Waals surface area contributed by atoms with E-state index in [1.807, 2.05) is 6.92 Å². The zero-order valence-electron chi connectivity index (χ0n) is 18.5. The van der Waals surface area contributed by atoms with Crippen LogP contribution in [0.15, 0.2) is 24.3 Å². The number of para-hydroxylation sites is 2. The molecule has 2 amide bonds. The van der Waals surface area contributed by atoms with Crippen molar-refractivity contribution < 1.29 is 45.1 Å². The SMILES string of the molecule is CCOc1ccccc1NC(=O)c1c(NC(=O)C(F)(F)C(F)(F)C(F)(F)F)sc2c1CCC(C)C2. The van der Waals surface area contributed by atoms with Crippen LogP contribution in [-0.4, -0.2) is 36.4 Å². The minimum absolute atomic E-state index is 0.148.